The van der Waals surface area contributed by atoms with E-state index in [2.05, 4.69) is 11.4 Å². The fourth-order valence-corrected chi connectivity index (χ4v) is 3.61. The number of benzene rings is 2. The Morgan fingerprint density at radius 2 is 1.61 bits per heavy atom. The minimum absolute atomic E-state index is 0.291. The topological polar surface area (TPSA) is 39.0 Å². The molecule has 2 aromatic carbocycles. The summed E-state index contributed by atoms with van der Waals surface area (Å²) in [5.74, 6) is -0.314. The Labute approximate surface area is 179 Å². The van der Waals surface area contributed by atoms with Crippen LogP contribution in [0.4, 0.5) is 5.69 Å². The quantitative estimate of drug-likeness (QED) is 0.274. The first-order valence-electron chi connectivity index (χ1n) is 8.58. The second kappa shape index (κ2) is 8.74. The number of nitrogens with one attached hydrogen (secondary N) is 1. The molecule has 0 saturated heterocycles. The molecule has 0 saturated carbocycles. The maximum absolute atomic E-state index is 13.4. The third-order valence-electron chi connectivity index (χ3n) is 4.06. The van der Waals surface area contributed by atoms with Crippen molar-refractivity contribution in [2.75, 3.05) is 5.32 Å². The van der Waals surface area contributed by atoms with E-state index < -0.39 is 0 Å². The van der Waals surface area contributed by atoms with Crippen molar-refractivity contribution in [2.45, 2.75) is 13.8 Å². The van der Waals surface area contributed by atoms with Crippen molar-refractivity contribution in [3.05, 3.63) is 93.7 Å². The summed E-state index contributed by atoms with van der Waals surface area (Å²) < 4.78 is 1.68. The minimum Gasteiger partial charge on any atom is -0.867 e. The van der Waals surface area contributed by atoms with Crippen LogP contribution in [0.5, 0.6) is 0 Å². The fourth-order valence-electron chi connectivity index (χ4n) is 2.92. The van der Waals surface area contributed by atoms with E-state index in [1.807, 2.05) is 44.2 Å². The van der Waals surface area contributed by atoms with Crippen molar-refractivity contribution in [1.29, 1.82) is 0 Å². The summed E-state index contributed by atoms with van der Waals surface area (Å²) in [6.45, 7) is 4.02. The highest BCUT2D eigenvalue weighted by Crippen LogP contribution is 2.27. The van der Waals surface area contributed by atoms with E-state index in [9.17, 15) is 5.11 Å². The van der Waals surface area contributed by atoms with Crippen LogP contribution in [-0.4, -0.2) is 4.99 Å². The Kier molecular flexibility index (Phi) is 6.35. The summed E-state index contributed by atoms with van der Waals surface area (Å²) >= 11 is 18.0. The molecule has 0 aliphatic rings. The van der Waals surface area contributed by atoms with Gasteiger partial charge in [-0.3, -0.25) is 0 Å². The van der Waals surface area contributed by atoms with Crippen molar-refractivity contribution in [3.8, 4) is 0 Å². The number of nitrogens with zero attached hydrogens (tertiary/aromatic N) is 1. The van der Waals surface area contributed by atoms with Crippen LogP contribution >= 0.6 is 35.4 Å². The van der Waals surface area contributed by atoms with Gasteiger partial charge < -0.3 is 10.4 Å². The molecule has 1 N–H and O–H groups in total. The van der Waals surface area contributed by atoms with Crippen LogP contribution in [0.3, 0.4) is 0 Å². The summed E-state index contributed by atoms with van der Waals surface area (Å²) in [6.07, 6.45) is 3.53. The van der Waals surface area contributed by atoms with Gasteiger partial charge in [-0.05, 0) is 66.6 Å². The predicted octanol–water partition coefficient (Wildman–Crippen LogP) is 5.02. The van der Waals surface area contributed by atoms with Gasteiger partial charge in [0.05, 0.1) is 0 Å². The number of pyridine rings is 1. The first-order valence-corrected chi connectivity index (χ1v) is 9.74. The zero-order valence-electron chi connectivity index (χ0n) is 15.4. The Hall–Kier alpha value is -2.40. The van der Waals surface area contributed by atoms with Crippen LogP contribution in [0.1, 0.15) is 16.7 Å². The molecule has 142 valence electrons. The average molecular weight is 429 g/mol. The van der Waals surface area contributed by atoms with E-state index >= 15 is 0 Å². The highest BCUT2D eigenvalue weighted by atomic mass is 35.5. The lowest BCUT2D eigenvalue weighted by molar-refractivity contribution is -0.577. The highest BCUT2D eigenvalue weighted by Gasteiger charge is 2.20. The number of anilines is 1. The molecule has 1 heterocycles. The molecule has 6 heteroatoms. The standard InChI is InChI=1S/C22H18Cl2N2OS/c1-14-10-15(2)12-17(11-14)25-22(28)20(26-8-4-3-5-9-26)21(27)18-13-16(23)6-7-19(18)24/h3-13H,1-2H3,(H-,25,27,28). The van der Waals surface area contributed by atoms with E-state index in [1.54, 1.807) is 35.2 Å². The summed E-state index contributed by atoms with van der Waals surface area (Å²) in [6, 6.07) is 16.3. The van der Waals surface area contributed by atoms with Crippen molar-refractivity contribution in [3.63, 3.8) is 0 Å². The van der Waals surface area contributed by atoms with Gasteiger partial charge in [0, 0.05) is 27.9 Å². The fraction of sp³-hybridized carbons (Fsp3) is 0.0909. The van der Waals surface area contributed by atoms with Crippen LogP contribution in [0, 0.1) is 13.8 Å². The van der Waals surface area contributed by atoms with Crippen LogP contribution in [0.15, 0.2) is 67.0 Å². The predicted molar refractivity (Wildman–Crippen MR) is 118 cm³/mol. The van der Waals surface area contributed by atoms with Crippen molar-refractivity contribution in [1.82, 2.24) is 0 Å². The zero-order chi connectivity index (χ0) is 20.3. The molecule has 0 aliphatic carbocycles. The largest absolute Gasteiger partial charge is 0.867 e. The Morgan fingerprint density at radius 3 is 2.25 bits per heavy atom. The van der Waals surface area contributed by atoms with Crippen LogP contribution < -0.4 is 15.0 Å². The number of halogens is 2. The van der Waals surface area contributed by atoms with Gasteiger partial charge in [0.15, 0.2) is 17.4 Å². The number of hydrogen-bond acceptors (Lipinski definition) is 2. The first-order chi connectivity index (χ1) is 13.3. The third-order valence-corrected chi connectivity index (χ3v) is 4.92. The number of rotatable bonds is 4. The smallest absolute Gasteiger partial charge is 0.238 e. The summed E-state index contributed by atoms with van der Waals surface area (Å²) in [4.78, 5) is 0.294. The van der Waals surface area contributed by atoms with Crippen LogP contribution in [0.25, 0.3) is 11.5 Å². The number of thiocarbonyl (C=S) groups is 1. The monoisotopic (exact) mass is 428 g/mol. The lowest BCUT2D eigenvalue weighted by atomic mass is 10.1. The summed E-state index contributed by atoms with van der Waals surface area (Å²) in [7, 11) is 0. The molecule has 3 rings (SSSR count). The van der Waals surface area contributed by atoms with E-state index in [0.29, 0.717) is 26.3 Å². The molecule has 0 unspecified atom stereocenters. The van der Waals surface area contributed by atoms with Gasteiger partial charge in [0.25, 0.3) is 0 Å². The lowest BCUT2D eigenvalue weighted by Crippen LogP contribution is -2.39. The second-order valence-electron chi connectivity index (χ2n) is 6.42. The molecule has 28 heavy (non-hydrogen) atoms. The molecule has 3 nitrogen and oxygen atoms in total. The molecule has 0 radical (unpaired) electrons. The third kappa shape index (κ3) is 4.71. The molecule has 0 spiro atoms. The molecule has 0 bridgehead atoms. The highest BCUT2D eigenvalue weighted by molar-refractivity contribution is 7.81. The maximum Gasteiger partial charge on any atom is 0.238 e. The van der Waals surface area contributed by atoms with E-state index in [-0.39, 0.29) is 5.76 Å². The second-order valence-corrected chi connectivity index (χ2v) is 7.67. The molecule has 0 aliphatic heterocycles. The molecular formula is C22H18Cl2N2OS. The van der Waals surface area contributed by atoms with E-state index in [0.717, 1.165) is 16.8 Å². The Morgan fingerprint density at radius 1 is 0.964 bits per heavy atom. The van der Waals surface area contributed by atoms with Gasteiger partial charge in [-0.15, -0.1) is 0 Å². The summed E-state index contributed by atoms with van der Waals surface area (Å²) in [5.41, 5.74) is 3.61. The normalized spacial score (nSPS) is 11.7. The SMILES string of the molecule is Cc1cc(C)cc(NC(=S)/C(=C(/[O-])c2cc(Cl)ccc2Cl)[n+]2ccccc2)c1. The van der Waals surface area contributed by atoms with Gasteiger partial charge in [0.2, 0.25) is 5.70 Å². The van der Waals surface area contributed by atoms with Crippen molar-refractivity contribution >= 4 is 57.6 Å². The van der Waals surface area contributed by atoms with Crippen molar-refractivity contribution < 1.29 is 9.67 Å². The van der Waals surface area contributed by atoms with Gasteiger partial charge in [-0.2, -0.15) is 4.57 Å². The molecule has 0 amide bonds. The van der Waals surface area contributed by atoms with Gasteiger partial charge in [-0.25, -0.2) is 0 Å². The number of aromatic nitrogens is 1. The lowest BCUT2D eigenvalue weighted by Gasteiger charge is -2.18. The van der Waals surface area contributed by atoms with Crippen LogP contribution in [-0.2, 0) is 0 Å². The molecule has 3 aromatic rings. The minimum atomic E-state index is -0.314. The molecule has 1 aromatic heterocycles. The Bertz CT molecular complexity index is 1050. The van der Waals surface area contributed by atoms with Crippen LogP contribution in [0.2, 0.25) is 10.0 Å². The Balaban J connectivity index is 2.12. The molecule has 0 fully saturated rings. The average Bonchev–Trinajstić information content (AvgIpc) is 2.63. The first kappa shape index (κ1) is 20.3. The maximum atomic E-state index is 13.4. The molecule has 0 atom stereocenters. The number of aryl methyl sites for hydroxylation is 2. The number of hydrogen-bond donors (Lipinski definition) is 1. The van der Waals surface area contributed by atoms with E-state index in [1.165, 1.54) is 0 Å². The summed E-state index contributed by atoms with van der Waals surface area (Å²) in [5, 5.41) is 17.3. The van der Waals surface area contributed by atoms with E-state index in [4.69, 9.17) is 35.4 Å². The zero-order valence-corrected chi connectivity index (χ0v) is 17.7. The van der Waals surface area contributed by atoms with Gasteiger partial charge in [-0.1, -0.05) is 47.6 Å². The molecular weight excluding hydrogens is 411 g/mol. The van der Waals surface area contributed by atoms with Crippen molar-refractivity contribution in [2.24, 2.45) is 0 Å². The van der Waals surface area contributed by atoms with Gasteiger partial charge in [0.1, 0.15) is 0 Å². The van der Waals surface area contributed by atoms with Gasteiger partial charge >= 0.3 is 0 Å².